The van der Waals surface area contributed by atoms with E-state index in [0.717, 1.165) is 22.1 Å². The van der Waals surface area contributed by atoms with Gasteiger partial charge >= 0.3 is 0 Å². The second-order valence-electron chi connectivity index (χ2n) is 5.18. The van der Waals surface area contributed by atoms with Gasteiger partial charge in [0.25, 0.3) is 0 Å². The summed E-state index contributed by atoms with van der Waals surface area (Å²) in [5.41, 5.74) is 2.78. The van der Waals surface area contributed by atoms with Crippen LogP contribution in [0.15, 0.2) is 53.5 Å². The molecule has 110 valence electrons. The second kappa shape index (κ2) is 5.04. The SMILES string of the molecule is O=C1Nc2ccccc2[C@@]12CN=C(Nc1ccc(Cl)cc1)S2. The predicted octanol–water partition coefficient (Wildman–Crippen LogP) is 3.70. The Hall–Kier alpha value is -1.98. The standard InChI is InChI=1S/C16H12ClN3OS/c17-10-5-7-11(8-6-10)19-15-18-9-16(22-15)12-3-1-2-4-13(12)20-14(16)21/h1-8H,9H2,(H,18,19)(H,20,21)/t16-/m0/s1. The highest BCUT2D eigenvalue weighted by molar-refractivity contribution is 8.15. The summed E-state index contributed by atoms with van der Waals surface area (Å²) in [6.45, 7) is 0.441. The summed E-state index contributed by atoms with van der Waals surface area (Å²) in [7, 11) is 0. The summed E-state index contributed by atoms with van der Waals surface area (Å²) >= 11 is 7.35. The molecule has 2 aromatic rings. The molecule has 0 aromatic heterocycles. The summed E-state index contributed by atoms with van der Waals surface area (Å²) in [4.78, 5) is 17.0. The molecule has 1 amide bonds. The third-order valence-corrected chi connectivity index (χ3v) is 5.35. The van der Waals surface area contributed by atoms with E-state index >= 15 is 0 Å². The number of rotatable bonds is 1. The Morgan fingerprint density at radius 1 is 1.18 bits per heavy atom. The second-order valence-corrected chi connectivity index (χ2v) is 6.91. The fourth-order valence-corrected chi connectivity index (χ4v) is 4.00. The minimum atomic E-state index is -0.647. The van der Waals surface area contributed by atoms with Crippen LogP contribution in [0.5, 0.6) is 0 Å². The summed E-state index contributed by atoms with van der Waals surface area (Å²) in [5, 5.41) is 7.62. The van der Waals surface area contributed by atoms with Crippen molar-refractivity contribution in [3.8, 4) is 0 Å². The van der Waals surface area contributed by atoms with Crippen LogP contribution in [-0.2, 0) is 9.54 Å². The number of nitrogens with one attached hydrogen (secondary N) is 2. The summed E-state index contributed by atoms with van der Waals surface area (Å²) in [5.74, 6) is -0.00430. The van der Waals surface area contributed by atoms with E-state index in [1.54, 1.807) is 0 Å². The Balaban J connectivity index is 1.59. The lowest BCUT2D eigenvalue weighted by Gasteiger charge is -2.19. The number of anilines is 2. The monoisotopic (exact) mass is 329 g/mol. The number of thioether (sulfide) groups is 1. The lowest BCUT2D eigenvalue weighted by molar-refractivity contribution is -0.117. The molecule has 6 heteroatoms. The number of amides is 1. The van der Waals surface area contributed by atoms with E-state index in [4.69, 9.17) is 11.6 Å². The van der Waals surface area contributed by atoms with E-state index in [9.17, 15) is 4.79 Å². The molecule has 2 aliphatic rings. The van der Waals surface area contributed by atoms with Gasteiger partial charge in [-0.15, -0.1) is 0 Å². The van der Waals surface area contributed by atoms with Gasteiger partial charge in [0.1, 0.15) is 4.75 Å². The normalized spacial score (nSPS) is 22.4. The van der Waals surface area contributed by atoms with E-state index in [1.807, 2.05) is 48.5 Å². The van der Waals surface area contributed by atoms with E-state index < -0.39 is 4.75 Å². The number of amidine groups is 1. The molecule has 0 unspecified atom stereocenters. The highest BCUT2D eigenvalue weighted by atomic mass is 35.5. The van der Waals surface area contributed by atoms with Gasteiger partial charge in [0.2, 0.25) is 5.91 Å². The van der Waals surface area contributed by atoms with Crippen molar-refractivity contribution in [2.75, 3.05) is 17.2 Å². The molecule has 4 rings (SSSR count). The van der Waals surface area contributed by atoms with E-state index in [2.05, 4.69) is 15.6 Å². The maximum absolute atomic E-state index is 12.4. The Labute approximate surface area is 137 Å². The number of hydrogen-bond donors (Lipinski definition) is 2. The van der Waals surface area contributed by atoms with Gasteiger partial charge in [0, 0.05) is 22.0 Å². The summed E-state index contributed by atoms with van der Waals surface area (Å²) in [6.07, 6.45) is 0. The van der Waals surface area contributed by atoms with Crippen molar-refractivity contribution in [1.29, 1.82) is 0 Å². The van der Waals surface area contributed by atoms with Crippen molar-refractivity contribution >= 4 is 45.8 Å². The molecule has 0 aliphatic carbocycles. The zero-order valence-corrected chi connectivity index (χ0v) is 13.0. The summed E-state index contributed by atoms with van der Waals surface area (Å²) in [6, 6.07) is 15.2. The number of benzene rings is 2. The molecule has 2 aliphatic heterocycles. The molecule has 1 spiro atoms. The zero-order valence-electron chi connectivity index (χ0n) is 11.5. The first-order valence-corrected chi connectivity index (χ1v) is 8.04. The molecule has 1 atom stereocenters. The van der Waals surface area contributed by atoms with E-state index in [0.29, 0.717) is 11.6 Å². The lowest BCUT2D eigenvalue weighted by atomic mass is 10.00. The quantitative estimate of drug-likeness (QED) is 0.838. The fraction of sp³-hybridized carbons (Fsp3) is 0.125. The first-order valence-electron chi connectivity index (χ1n) is 6.84. The molecule has 0 fully saturated rings. The van der Waals surface area contributed by atoms with Gasteiger partial charge < -0.3 is 10.6 Å². The number of halogens is 1. The average molecular weight is 330 g/mol. The molecule has 2 N–H and O–H groups in total. The van der Waals surface area contributed by atoms with Crippen molar-refractivity contribution in [2.24, 2.45) is 4.99 Å². The maximum Gasteiger partial charge on any atom is 0.247 e. The molecule has 0 bridgehead atoms. The van der Waals surface area contributed by atoms with Crippen LogP contribution in [-0.4, -0.2) is 17.6 Å². The third-order valence-electron chi connectivity index (χ3n) is 3.79. The number of carbonyl (C=O) groups excluding carboxylic acids is 1. The number of nitrogens with zero attached hydrogens (tertiary/aromatic N) is 1. The van der Waals surface area contributed by atoms with E-state index in [-0.39, 0.29) is 5.91 Å². The zero-order chi connectivity index (χ0) is 15.2. The van der Waals surface area contributed by atoms with Gasteiger partial charge in [-0.1, -0.05) is 41.6 Å². The van der Waals surface area contributed by atoms with Gasteiger partial charge in [-0.2, -0.15) is 0 Å². The van der Waals surface area contributed by atoms with E-state index in [1.165, 1.54) is 11.8 Å². The van der Waals surface area contributed by atoms with Crippen LogP contribution in [0.1, 0.15) is 5.56 Å². The van der Waals surface area contributed by atoms with Crippen molar-refractivity contribution in [1.82, 2.24) is 0 Å². The highest BCUT2D eigenvalue weighted by Gasteiger charge is 2.51. The molecule has 2 aromatic carbocycles. The largest absolute Gasteiger partial charge is 0.335 e. The molecule has 0 radical (unpaired) electrons. The van der Waals surface area contributed by atoms with Gasteiger partial charge in [0.05, 0.1) is 6.54 Å². The lowest BCUT2D eigenvalue weighted by Crippen LogP contribution is -2.32. The van der Waals surface area contributed by atoms with Gasteiger partial charge in [-0.3, -0.25) is 9.79 Å². The molecule has 22 heavy (non-hydrogen) atoms. The summed E-state index contributed by atoms with van der Waals surface area (Å²) < 4.78 is -0.647. The van der Waals surface area contributed by atoms with Crippen LogP contribution in [0.25, 0.3) is 0 Å². The first kappa shape index (κ1) is 13.7. The highest BCUT2D eigenvalue weighted by Crippen LogP contribution is 2.49. The number of carbonyl (C=O) groups is 1. The number of aliphatic imine (C=N–C) groups is 1. The maximum atomic E-state index is 12.4. The molecule has 0 saturated heterocycles. The van der Waals surface area contributed by atoms with Crippen molar-refractivity contribution < 1.29 is 4.79 Å². The van der Waals surface area contributed by atoms with Crippen LogP contribution in [0.4, 0.5) is 11.4 Å². The average Bonchev–Trinajstić information content (AvgIpc) is 3.06. The van der Waals surface area contributed by atoms with Gasteiger partial charge in [-0.25, -0.2) is 0 Å². The minimum absolute atomic E-state index is 0.00430. The van der Waals surface area contributed by atoms with Crippen LogP contribution < -0.4 is 10.6 Å². The first-order chi connectivity index (χ1) is 10.7. The van der Waals surface area contributed by atoms with Crippen LogP contribution in [0.2, 0.25) is 5.02 Å². The van der Waals surface area contributed by atoms with Crippen molar-refractivity contribution in [2.45, 2.75) is 4.75 Å². The molecule has 4 nitrogen and oxygen atoms in total. The smallest absolute Gasteiger partial charge is 0.247 e. The van der Waals surface area contributed by atoms with Crippen LogP contribution >= 0.6 is 23.4 Å². The Kier molecular flexibility index (Phi) is 3.13. The fourth-order valence-electron chi connectivity index (χ4n) is 2.68. The Bertz CT molecular complexity index is 790. The number of hydrogen-bond acceptors (Lipinski definition) is 4. The van der Waals surface area contributed by atoms with Crippen molar-refractivity contribution in [3.63, 3.8) is 0 Å². The van der Waals surface area contributed by atoms with Gasteiger partial charge in [-0.05, 0) is 30.3 Å². The number of para-hydroxylation sites is 1. The minimum Gasteiger partial charge on any atom is -0.335 e. The third kappa shape index (κ3) is 2.09. The predicted molar refractivity (Wildman–Crippen MR) is 91.7 cm³/mol. The molecule has 2 heterocycles. The Morgan fingerprint density at radius 3 is 2.77 bits per heavy atom. The van der Waals surface area contributed by atoms with Crippen LogP contribution in [0.3, 0.4) is 0 Å². The molecule has 0 saturated carbocycles. The number of fused-ring (bicyclic) bond motifs is 2. The van der Waals surface area contributed by atoms with Crippen molar-refractivity contribution in [3.05, 3.63) is 59.1 Å². The topological polar surface area (TPSA) is 53.5 Å². The van der Waals surface area contributed by atoms with Gasteiger partial charge in [0.15, 0.2) is 5.17 Å². The molecular weight excluding hydrogens is 318 g/mol. The Morgan fingerprint density at radius 2 is 1.95 bits per heavy atom. The van der Waals surface area contributed by atoms with Crippen LogP contribution in [0, 0.1) is 0 Å². The molecular formula is C16H12ClN3OS.